The van der Waals surface area contributed by atoms with Gasteiger partial charge in [0.05, 0.1) is 29.2 Å². The highest BCUT2D eigenvalue weighted by atomic mass is 16.5. The van der Waals surface area contributed by atoms with Crippen LogP contribution in [-0.2, 0) is 21.4 Å². The van der Waals surface area contributed by atoms with Gasteiger partial charge < -0.3 is 15.4 Å². The van der Waals surface area contributed by atoms with Crippen LogP contribution >= 0.6 is 0 Å². The van der Waals surface area contributed by atoms with Gasteiger partial charge in [0.15, 0.2) is 0 Å². The van der Waals surface area contributed by atoms with Crippen LogP contribution in [0.1, 0.15) is 51.6 Å². The summed E-state index contributed by atoms with van der Waals surface area (Å²) in [4.78, 5) is 41.9. The summed E-state index contributed by atoms with van der Waals surface area (Å²) in [6, 6.07) is 24.3. The first-order valence-electron chi connectivity index (χ1n) is 15.7. The SMILES string of the molecule is CCN=C=O.CCNC(=O)Cc1cc(Oc2ccc(NC(=O)Nc3cc(C(C)(C)C)nn3-c3ccc(C)cc3)c3ccccc23)ccn1. The van der Waals surface area contributed by atoms with Gasteiger partial charge in [-0.1, -0.05) is 62.7 Å². The van der Waals surface area contributed by atoms with Gasteiger partial charge in [-0.05, 0) is 51.1 Å². The Morgan fingerprint density at radius 2 is 1.67 bits per heavy atom. The number of nitrogens with zero attached hydrogens (tertiary/aromatic N) is 4. The van der Waals surface area contributed by atoms with Gasteiger partial charge >= 0.3 is 6.03 Å². The number of amides is 3. The molecule has 0 unspecified atom stereocenters. The van der Waals surface area contributed by atoms with Crippen molar-refractivity contribution in [3.05, 3.63) is 102 Å². The van der Waals surface area contributed by atoms with Crippen molar-refractivity contribution in [1.82, 2.24) is 20.1 Å². The number of rotatable bonds is 9. The molecule has 0 aliphatic rings. The standard InChI is InChI=1S/C34H36N6O3.C3H5NO/c1-6-35-32(41)20-23-19-25(17-18-36-23)43-29-16-15-28(26-9-7-8-10-27(26)29)37-33(42)38-31-21-30(34(3,4)5)39-40(31)24-13-11-22(2)12-14-24;1-2-4-3-5/h7-19,21H,6,20H2,1-5H3,(H,35,41)(H2,37,38,42);2H2,1H3. The van der Waals surface area contributed by atoms with Crippen LogP contribution in [0.5, 0.6) is 11.5 Å². The summed E-state index contributed by atoms with van der Waals surface area (Å²) < 4.78 is 7.98. The van der Waals surface area contributed by atoms with Crippen molar-refractivity contribution in [3.63, 3.8) is 0 Å². The van der Waals surface area contributed by atoms with Gasteiger partial charge in [0.1, 0.15) is 17.3 Å². The average Bonchev–Trinajstić information content (AvgIpc) is 3.48. The molecule has 0 saturated heterocycles. The molecule has 0 aliphatic heterocycles. The Labute approximate surface area is 280 Å². The number of carbonyl (C=O) groups is 2. The molecule has 3 aromatic carbocycles. The van der Waals surface area contributed by atoms with E-state index in [2.05, 4.69) is 46.7 Å². The minimum Gasteiger partial charge on any atom is -0.457 e. The topological polar surface area (TPSA) is 140 Å². The second-order valence-corrected chi connectivity index (χ2v) is 11.9. The van der Waals surface area contributed by atoms with Crippen LogP contribution in [0.2, 0.25) is 0 Å². The lowest BCUT2D eigenvalue weighted by molar-refractivity contribution is -0.120. The van der Waals surface area contributed by atoms with Crippen LogP contribution < -0.4 is 20.7 Å². The van der Waals surface area contributed by atoms with Gasteiger partial charge in [0.25, 0.3) is 0 Å². The number of hydrogen-bond donors (Lipinski definition) is 3. The van der Waals surface area contributed by atoms with E-state index in [0.29, 0.717) is 41.8 Å². The number of aryl methyl sites for hydroxylation is 1. The van der Waals surface area contributed by atoms with E-state index >= 15 is 0 Å². The van der Waals surface area contributed by atoms with E-state index in [1.165, 1.54) is 6.08 Å². The van der Waals surface area contributed by atoms with Gasteiger partial charge in [-0.15, -0.1) is 0 Å². The number of fused-ring (bicyclic) bond motifs is 1. The van der Waals surface area contributed by atoms with Crippen molar-refractivity contribution >= 4 is 40.3 Å². The van der Waals surface area contributed by atoms with Gasteiger partial charge in [-0.2, -0.15) is 5.10 Å². The molecule has 0 bridgehead atoms. The monoisotopic (exact) mass is 647 g/mol. The number of benzene rings is 3. The Morgan fingerprint density at radius 3 is 2.31 bits per heavy atom. The average molecular weight is 648 g/mol. The lowest BCUT2D eigenvalue weighted by Gasteiger charge is -2.14. The van der Waals surface area contributed by atoms with E-state index in [9.17, 15) is 9.59 Å². The molecule has 3 N–H and O–H groups in total. The second-order valence-electron chi connectivity index (χ2n) is 11.9. The molecule has 248 valence electrons. The quantitative estimate of drug-likeness (QED) is 0.112. The normalized spacial score (nSPS) is 10.7. The number of pyridine rings is 1. The van der Waals surface area contributed by atoms with E-state index < -0.39 is 6.03 Å². The molecule has 0 atom stereocenters. The molecule has 5 aromatic rings. The fraction of sp³-hybridized carbons (Fsp3) is 0.270. The predicted octanol–water partition coefficient (Wildman–Crippen LogP) is 7.48. The molecular weight excluding hydrogens is 606 g/mol. The van der Waals surface area contributed by atoms with E-state index in [4.69, 9.17) is 14.6 Å². The lowest BCUT2D eigenvalue weighted by Crippen LogP contribution is -2.24. The molecule has 0 fully saturated rings. The minimum absolute atomic E-state index is 0.0946. The van der Waals surface area contributed by atoms with Crippen molar-refractivity contribution < 1.29 is 19.1 Å². The first-order valence-corrected chi connectivity index (χ1v) is 15.7. The van der Waals surface area contributed by atoms with Gasteiger partial charge in [-0.25, -0.2) is 19.3 Å². The van der Waals surface area contributed by atoms with Crippen molar-refractivity contribution in [3.8, 4) is 17.2 Å². The third-order valence-corrected chi connectivity index (χ3v) is 7.08. The van der Waals surface area contributed by atoms with Crippen LogP contribution in [-0.4, -0.2) is 45.9 Å². The number of anilines is 2. The van der Waals surface area contributed by atoms with Crippen molar-refractivity contribution in [2.45, 2.75) is 53.4 Å². The molecule has 11 heteroatoms. The largest absolute Gasteiger partial charge is 0.457 e. The fourth-order valence-electron chi connectivity index (χ4n) is 4.69. The highest BCUT2D eigenvalue weighted by Gasteiger charge is 2.22. The maximum atomic E-state index is 13.3. The van der Waals surface area contributed by atoms with E-state index in [1.807, 2.05) is 80.6 Å². The summed E-state index contributed by atoms with van der Waals surface area (Å²) in [5.74, 6) is 1.65. The van der Waals surface area contributed by atoms with Gasteiger partial charge in [0, 0.05) is 47.6 Å². The first-order chi connectivity index (χ1) is 23.0. The smallest absolute Gasteiger partial charge is 0.324 e. The number of carbonyl (C=O) groups excluding carboxylic acids is 3. The summed E-state index contributed by atoms with van der Waals surface area (Å²) in [7, 11) is 0. The molecule has 0 spiro atoms. The molecule has 5 rings (SSSR count). The molecule has 48 heavy (non-hydrogen) atoms. The highest BCUT2D eigenvalue weighted by molar-refractivity contribution is 6.07. The molecule has 3 amide bonds. The maximum absolute atomic E-state index is 13.3. The Kier molecular flexibility index (Phi) is 11.8. The molecule has 0 saturated carbocycles. The van der Waals surface area contributed by atoms with Crippen molar-refractivity contribution in [1.29, 1.82) is 0 Å². The molecule has 0 aliphatic carbocycles. The number of aromatic nitrogens is 3. The number of ether oxygens (including phenoxy) is 1. The summed E-state index contributed by atoms with van der Waals surface area (Å²) in [5.41, 5.74) is 3.90. The van der Waals surface area contributed by atoms with Crippen LogP contribution in [0, 0.1) is 6.92 Å². The molecule has 0 radical (unpaired) electrons. The van der Waals surface area contributed by atoms with E-state index in [1.54, 1.807) is 29.9 Å². The molecule has 2 heterocycles. The first kappa shape index (κ1) is 35.1. The number of aliphatic imine (C=N–C) groups is 1. The number of urea groups is 1. The Morgan fingerprint density at radius 1 is 0.938 bits per heavy atom. The Hall–Kier alpha value is -5.80. The molecular formula is C37H41N7O4. The summed E-state index contributed by atoms with van der Waals surface area (Å²) in [6.45, 7) is 13.1. The zero-order valence-electron chi connectivity index (χ0n) is 28.1. The highest BCUT2D eigenvalue weighted by Crippen LogP contribution is 2.35. The van der Waals surface area contributed by atoms with Gasteiger partial charge in [-0.3, -0.25) is 15.1 Å². The predicted molar refractivity (Wildman–Crippen MR) is 189 cm³/mol. The lowest BCUT2D eigenvalue weighted by atomic mass is 9.92. The van der Waals surface area contributed by atoms with Gasteiger partial charge in [0.2, 0.25) is 12.0 Å². The van der Waals surface area contributed by atoms with Crippen LogP contribution in [0.4, 0.5) is 16.3 Å². The van der Waals surface area contributed by atoms with E-state index in [0.717, 1.165) is 27.7 Å². The zero-order chi connectivity index (χ0) is 34.7. The van der Waals surface area contributed by atoms with E-state index in [-0.39, 0.29) is 17.7 Å². The number of isocyanates is 1. The fourth-order valence-corrected chi connectivity index (χ4v) is 4.69. The van der Waals surface area contributed by atoms with Crippen LogP contribution in [0.15, 0.2) is 90.1 Å². The minimum atomic E-state index is -0.392. The number of hydrogen-bond acceptors (Lipinski definition) is 7. The third kappa shape index (κ3) is 9.37. The second kappa shape index (κ2) is 16.2. The van der Waals surface area contributed by atoms with Crippen LogP contribution in [0.3, 0.4) is 0 Å². The van der Waals surface area contributed by atoms with Crippen LogP contribution in [0.25, 0.3) is 16.5 Å². The Balaban J connectivity index is 0.000000968. The summed E-state index contributed by atoms with van der Waals surface area (Å²) in [6.07, 6.45) is 3.19. The van der Waals surface area contributed by atoms with Crippen molar-refractivity contribution in [2.24, 2.45) is 4.99 Å². The number of likely N-dealkylation sites (N-methyl/N-ethyl adjacent to an activating group) is 1. The Bertz CT molecular complexity index is 1920. The maximum Gasteiger partial charge on any atom is 0.324 e. The third-order valence-electron chi connectivity index (χ3n) is 7.08. The number of nitrogens with one attached hydrogen (secondary N) is 3. The summed E-state index contributed by atoms with van der Waals surface area (Å²) >= 11 is 0. The molecule has 11 nitrogen and oxygen atoms in total. The zero-order valence-corrected chi connectivity index (χ0v) is 28.1. The molecule has 2 aromatic heterocycles. The summed E-state index contributed by atoms with van der Waals surface area (Å²) in [5, 5.41) is 15.2. The van der Waals surface area contributed by atoms with Crippen molar-refractivity contribution in [2.75, 3.05) is 23.7 Å².